The molecular formula is C12H13N3O. The van der Waals surface area contributed by atoms with Crippen molar-refractivity contribution in [3.8, 4) is 0 Å². The van der Waals surface area contributed by atoms with E-state index in [1.165, 1.54) is 0 Å². The highest BCUT2D eigenvalue weighted by Gasteiger charge is 2.23. The first-order valence-electron chi connectivity index (χ1n) is 5.49. The Balaban J connectivity index is 2.06. The number of hydrogen-bond donors (Lipinski definition) is 3. The fraction of sp³-hybridized carbons (Fsp3) is 0.250. The lowest BCUT2D eigenvalue weighted by molar-refractivity contribution is -0.113. The van der Waals surface area contributed by atoms with Crippen molar-refractivity contribution in [3.63, 3.8) is 0 Å². The van der Waals surface area contributed by atoms with Crippen LogP contribution < -0.4 is 16.0 Å². The van der Waals surface area contributed by atoms with Crippen LogP contribution in [0.4, 0.5) is 11.4 Å². The quantitative estimate of drug-likeness (QED) is 0.616. The topological polar surface area (TPSA) is 53.2 Å². The molecule has 4 heteroatoms. The lowest BCUT2D eigenvalue weighted by Gasteiger charge is -2.19. The summed E-state index contributed by atoms with van der Waals surface area (Å²) in [4.78, 5) is 12.0. The smallest absolute Gasteiger partial charge is 0.255 e. The Morgan fingerprint density at radius 1 is 1.06 bits per heavy atom. The van der Waals surface area contributed by atoms with Gasteiger partial charge in [-0.15, -0.1) is 0 Å². The third kappa shape index (κ3) is 1.43. The summed E-state index contributed by atoms with van der Waals surface area (Å²) in [6, 6.07) is 7.73. The molecule has 0 saturated carbocycles. The molecule has 0 aliphatic carbocycles. The fourth-order valence-electron chi connectivity index (χ4n) is 2.09. The molecule has 3 rings (SSSR count). The van der Waals surface area contributed by atoms with E-state index in [0.717, 1.165) is 42.2 Å². The van der Waals surface area contributed by atoms with Crippen LogP contribution in [-0.4, -0.2) is 12.5 Å². The number of para-hydroxylation sites is 2. The molecule has 16 heavy (non-hydrogen) atoms. The first-order chi connectivity index (χ1) is 7.84. The molecule has 0 aromatic heterocycles. The third-order valence-corrected chi connectivity index (χ3v) is 2.92. The second kappa shape index (κ2) is 3.56. The van der Waals surface area contributed by atoms with E-state index in [2.05, 4.69) is 16.0 Å². The molecule has 0 radical (unpaired) electrons. The number of fused-ring (bicyclic) bond motifs is 1. The summed E-state index contributed by atoms with van der Waals surface area (Å²) in [5, 5.41) is 9.44. The highest BCUT2D eigenvalue weighted by atomic mass is 16.1. The predicted molar refractivity (Wildman–Crippen MR) is 63.0 cm³/mol. The Bertz CT molecular complexity index is 479. The molecule has 0 bridgehead atoms. The number of rotatable bonds is 0. The molecule has 4 nitrogen and oxygen atoms in total. The van der Waals surface area contributed by atoms with Gasteiger partial charge >= 0.3 is 0 Å². The van der Waals surface area contributed by atoms with E-state index < -0.39 is 0 Å². The Kier molecular flexibility index (Phi) is 2.06. The summed E-state index contributed by atoms with van der Waals surface area (Å²) in [5.41, 5.74) is 2.60. The molecule has 2 aliphatic heterocycles. The average Bonchev–Trinajstić information content (AvgIpc) is 2.45. The number of amides is 1. The van der Waals surface area contributed by atoms with Gasteiger partial charge in [0.25, 0.3) is 5.91 Å². The number of hydrogen-bond acceptors (Lipinski definition) is 3. The summed E-state index contributed by atoms with van der Waals surface area (Å²) in [6.07, 6.45) is 1.83. The van der Waals surface area contributed by atoms with Gasteiger partial charge in [0, 0.05) is 6.54 Å². The molecule has 2 aliphatic rings. The molecule has 82 valence electrons. The minimum absolute atomic E-state index is 0.000324. The first-order valence-corrected chi connectivity index (χ1v) is 5.49. The van der Waals surface area contributed by atoms with E-state index in [4.69, 9.17) is 0 Å². The van der Waals surface area contributed by atoms with E-state index in [0.29, 0.717) is 0 Å². The molecule has 3 N–H and O–H groups in total. The van der Waals surface area contributed by atoms with Crippen molar-refractivity contribution in [1.82, 2.24) is 5.32 Å². The third-order valence-electron chi connectivity index (χ3n) is 2.92. The van der Waals surface area contributed by atoms with Crippen LogP contribution in [-0.2, 0) is 4.79 Å². The maximum absolute atomic E-state index is 12.0. The Morgan fingerprint density at radius 3 is 2.62 bits per heavy atom. The molecule has 1 aromatic rings. The van der Waals surface area contributed by atoms with Crippen molar-refractivity contribution in [2.75, 3.05) is 17.2 Å². The van der Waals surface area contributed by atoms with Gasteiger partial charge in [-0.2, -0.15) is 0 Å². The van der Waals surface area contributed by atoms with E-state index >= 15 is 0 Å². The zero-order valence-electron chi connectivity index (χ0n) is 8.84. The van der Waals surface area contributed by atoms with E-state index in [1.54, 1.807) is 0 Å². The van der Waals surface area contributed by atoms with E-state index in [-0.39, 0.29) is 5.91 Å². The Hall–Kier alpha value is -1.97. The molecule has 0 fully saturated rings. The number of anilines is 2. The molecule has 1 amide bonds. The van der Waals surface area contributed by atoms with Crippen LogP contribution >= 0.6 is 0 Å². The first kappa shape index (κ1) is 9.27. The summed E-state index contributed by atoms with van der Waals surface area (Å²) >= 11 is 0. The lowest BCUT2D eigenvalue weighted by Crippen LogP contribution is -2.29. The Morgan fingerprint density at radius 2 is 1.81 bits per heavy atom. The summed E-state index contributed by atoms with van der Waals surface area (Å²) in [5.74, 6) is 0.855. The van der Waals surface area contributed by atoms with Crippen LogP contribution in [0.3, 0.4) is 0 Å². The van der Waals surface area contributed by atoms with Crippen LogP contribution in [0.1, 0.15) is 12.8 Å². The van der Waals surface area contributed by atoms with Gasteiger partial charge in [-0.3, -0.25) is 4.79 Å². The molecule has 0 unspecified atom stereocenters. The van der Waals surface area contributed by atoms with Gasteiger partial charge in [0.2, 0.25) is 0 Å². The predicted octanol–water partition coefficient (Wildman–Crippen LogP) is 1.65. The van der Waals surface area contributed by atoms with E-state index in [9.17, 15) is 4.79 Å². The van der Waals surface area contributed by atoms with Gasteiger partial charge in [0.1, 0.15) is 5.82 Å². The normalized spacial score (nSPS) is 18.6. The monoisotopic (exact) mass is 215 g/mol. The molecule has 2 heterocycles. The zero-order chi connectivity index (χ0) is 11.0. The summed E-state index contributed by atoms with van der Waals surface area (Å²) in [7, 11) is 0. The van der Waals surface area contributed by atoms with Crippen LogP contribution in [0.5, 0.6) is 0 Å². The second-order valence-electron chi connectivity index (χ2n) is 4.01. The molecule has 0 saturated heterocycles. The number of carbonyl (C=O) groups excluding carboxylic acids is 1. The number of nitrogens with one attached hydrogen (secondary N) is 3. The second-order valence-corrected chi connectivity index (χ2v) is 4.01. The molecule has 0 atom stereocenters. The van der Waals surface area contributed by atoms with Crippen molar-refractivity contribution >= 4 is 17.3 Å². The van der Waals surface area contributed by atoms with Gasteiger partial charge < -0.3 is 16.0 Å². The van der Waals surface area contributed by atoms with Gasteiger partial charge in [0.15, 0.2) is 0 Å². The van der Waals surface area contributed by atoms with Crippen molar-refractivity contribution in [1.29, 1.82) is 0 Å². The van der Waals surface area contributed by atoms with Gasteiger partial charge in [-0.25, -0.2) is 0 Å². The van der Waals surface area contributed by atoms with Crippen LogP contribution in [0.25, 0.3) is 0 Å². The fourth-order valence-corrected chi connectivity index (χ4v) is 2.09. The zero-order valence-corrected chi connectivity index (χ0v) is 8.84. The highest BCUT2D eigenvalue weighted by Crippen LogP contribution is 2.28. The lowest BCUT2D eigenvalue weighted by atomic mass is 10.1. The van der Waals surface area contributed by atoms with Crippen molar-refractivity contribution < 1.29 is 4.79 Å². The standard InChI is InChI=1S/C12H13N3O/c16-12-8-4-3-7-13-11(8)14-9-5-1-2-6-10(9)15-12/h1-2,5-6,13-14H,3-4,7H2,(H,15,16). The van der Waals surface area contributed by atoms with Gasteiger partial charge in [-0.1, -0.05) is 12.1 Å². The van der Waals surface area contributed by atoms with Crippen LogP contribution in [0.2, 0.25) is 0 Å². The molecule has 0 spiro atoms. The van der Waals surface area contributed by atoms with Crippen LogP contribution in [0.15, 0.2) is 35.7 Å². The van der Waals surface area contributed by atoms with Gasteiger partial charge in [-0.05, 0) is 25.0 Å². The minimum Gasteiger partial charge on any atom is -0.371 e. The summed E-state index contributed by atoms with van der Waals surface area (Å²) < 4.78 is 0. The highest BCUT2D eigenvalue weighted by molar-refractivity contribution is 6.07. The number of carbonyl (C=O) groups is 1. The van der Waals surface area contributed by atoms with Crippen molar-refractivity contribution in [2.24, 2.45) is 0 Å². The minimum atomic E-state index is -0.000324. The maximum Gasteiger partial charge on any atom is 0.255 e. The number of benzene rings is 1. The van der Waals surface area contributed by atoms with Crippen LogP contribution in [0, 0.1) is 0 Å². The van der Waals surface area contributed by atoms with Crippen molar-refractivity contribution in [3.05, 3.63) is 35.7 Å². The van der Waals surface area contributed by atoms with Crippen molar-refractivity contribution in [2.45, 2.75) is 12.8 Å². The molecule has 1 aromatic carbocycles. The van der Waals surface area contributed by atoms with E-state index in [1.807, 2.05) is 24.3 Å². The average molecular weight is 215 g/mol. The Labute approximate surface area is 93.7 Å². The molecular weight excluding hydrogens is 202 g/mol. The largest absolute Gasteiger partial charge is 0.371 e. The maximum atomic E-state index is 12.0. The SMILES string of the molecule is O=C1Nc2ccccc2NC2=C1CCCN2. The summed E-state index contributed by atoms with van der Waals surface area (Å²) in [6.45, 7) is 0.918. The van der Waals surface area contributed by atoms with Gasteiger partial charge in [0.05, 0.1) is 16.9 Å².